The maximum Gasteiger partial charge on any atom is 0.161 e. The van der Waals surface area contributed by atoms with E-state index in [9.17, 15) is 0 Å². The maximum absolute atomic E-state index is 5.97. The summed E-state index contributed by atoms with van der Waals surface area (Å²) in [7, 11) is 0. The van der Waals surface area contributed by atoms with Crippen LogP contribution in [-0.4, -0.2) is 43.9 Å². The fraction of sp³-hybridized carbons (Fsp3) is 0.429. The van der Waals surface area contributed by atoms with Gasteiger partial charge in [-0.2, -0.15) is 0 Å². The van der Waals surface area contributed by atoms with E-state index in [0.29, 0.717) is 13.2 Å². The summed E-state index contributed by atoms with van der Waals surface area (Å²) in [5.41, 5.74) is 2.64. The molecular weight excluding hydrogens is 314 g/mol. The molecule has 4 nitrogen and oxygen atoms in total. The quantitative estimate of drug-likeness (QED) is 0.769. The van der Waals surface area contributed by atoms with E-state index < -0.39 is 0 Å². The third-order valence-corrected chi connectivity index (χ3v) is 4.32. The average molecular weight is 341 g/mol. The van der Waals surface area contributed by atoms with Gasteiger partial charge in [0.25, 0.3) is 0 Å². The lowest BCUT2D eigenvalue weighted by atomic mass is 10.1. The van der Waals surface area contributed by atoms with Gasteiger partial charge >= 0.3 is 0 Å². The zero-order chi connectivity index (χ0) is 17.5. The summed E-state index contributed by atoms with van der Waals surface area (Å²) in [4.78, 5) is 2.43. The van der Waals surface area contributed by atoms with Gasteiger partial charge in [-0.05, 0) is 31.5 Å². The lowest BCUT2D eigenvalue weighted by molar-refractivity contribution is -0.0507. The molecule has 1 heterocycles. The molecule has 2 aromatic carbocycles. The van der Waals surface area contributed by atoms with Crippen LogP contribution in [0.15, 0.2) is 48.5 Å². The Kier molecular flexibility index (Phi) is 6.31. The first-order valence-corrected chi connectivity index (χ1v) is 8.98. The van der Waals surface area contributed by atoms with E-state index in [0.717, 1.165) is 37.7 Å². The third-order valence-electron chi connectivity index (χ3n) is 4.32. The topological polar surface area (TPSA) is 30.9 Å². The second-order valence-electron chi connectivity index (χ2n) is 6.40. The first-order valence-electron chi connectivity index (χ1n) is 8.98. The second kappa shape index (κ2) is 8.88. The first kappa shape index (κ1) is 17.8. The highest BCUT2D eigenvalue weighted by Crippen LogP contribution is 2.26. The second-order valence-corrected chi connectivity index (χ2v) is 6.40. The van der Waals surface area contributed by atoms with Crippen molar-refractivity contribution in [3.8, 4) is 11.5 Å². The SMILES string of the molecule is CCOc1ccccc1OCC1CN(Cc2ccc(C)cc2)CCO1. The third kappa shape index (κ3) is 5.21. The zero-order valence-electron chi connectivity index (χ0n) is 15.1. The first-order chi connectivity index (χ1) is 12.2. The van der Waals surface area contributed by atoms with E-state index in [-0.39, 0.29) is 6.10 Å². The predicted molar refractivity (Wildman–Crippen MR) is 99.3 cm³/mol. The Labute approximate surface area is 150 Å². The largest absolute Gasteiger partial charge is 0.490 e. The van der Waals surface area contributed by atoms with E-state index in [1.165, 1.54) is 11.1 Å². The van der Waals surface area contributed by atoms with E-state index in [1.807, 2.05) is 31.2 Å². The number of morpholine rings is 1. The molecule has 0 aliphatic carbocycles. The fourth-order valence-corrected chi connectivity index (χ4v) is 3.00. The minimum Gasteiger partial charge on any atom is -0.490 e. The van der Waals surface area contributed by atoms with Crippen LogP contribution in [0.3, 0.4) is 0 Å². The van der Waals surface area contributed by atoms with Gasteiger partial charge in [0.1, 0.15) is 12.7 Å². The molecule has 1 fully saturated rings. The number of para-hydroxylation sites is 2. The van der Waals surface area contributed by atoms with Crippen LogP contribution in [0.1, 0.15) is 18.1 Å². The van der Waals surface area contributed by atoms with Crippen LogP contribution >= 0.6 is 0 Å². The van der Waals surface area contributed by atoms with Gasteiger partial charge < -0.3 is 14.2 Å². The highest BCUT2D eigenvalue weighted by atomic mass is 16.5. The minimum atomic E-state index is 0.0777. The van der Waals surface area contributed by atoms with Gasteiger partial charge in [-0.15, -0.1) is 0 Å². The summed E-state index contributed by atoms with van der Waals surface area (Å²) >= 11 is 0. The lowest BCUT2D eigenvalue weighted by Gasteiger charge is -2.33. The van der Waals surface area contributed by atoms with E-state index in [2.05, 4.69) is 36.1 Å². The van der Waals surface area contributed by atoms with Gasteiger partial charge in [0, 0.05) is 19.6 Å². The summed E-state index contributed by atoms with van der Waals surface area (Å²) in [6.07, 6.45) is 0.0777. The molecule has 0 spiro atoms. The average Bonchev–Trinajstić information content (AvgIpc) is 2.64. The fourth-order valence-electron chi connectivity index (χ4n) is 3.00. The molecule has 0 aromatic heterocycles. The van der Waals surface area contributed by atoms with Gasteiger partial charge in [-0.3, -0.25) is 4.90 Å². The Balaban J connectivity index is 1.52. The number of hydrogen-bond donors (Lipinski definition) is 0. The van der Waals surface area contributed by atoms with E-state index in [4.69, 9.17) is 14.2 Å². The summed E-state index contributed by atoms with van der Waals surface area (Å²) in [6, 6.07) is 16.5. The maximum atomic E-state index is 5.97. The smallest absolute Gasteiger partial charge is 0.161 e. The van der Waals surface area contributed by atoms with Crippen molar-refractivity contribution in [3.63, 3.8) is 0 Å². The van der Waals surface area contributed by atoms with Gasteiger partial charge in [-0.1, -0.05) is 42.0 Å². The van der Waals surface area contributed by atoms with Crippen LogP contribution in [0.25, 0.3) is 0 Å². The minimum absolute atomic E-state index is 0.0777. The number of benzene rings is 2. The number of aryl methyl sites for hydroxylation is 1. The number of nitrogens with zero attached hydrogens (tertiary/aromatic N) is 1. The molecule has 1 saturated heterocycles. The lowest BCUT2D eigenvalue weighted by Crippen LogP contribution is -2.44. The Bertz CT molecular complexity index is 656. The van der Waals surface area contributed by atoms with Gasteiger partial charge in [0.2, 0.25) is 0 Å². The molecule has 2 aromatic rings. The van der Waals surface area contributed by atoms with Crippen LogP contribution in [0.5, 0.6) is 11.5 Å². The highest BCUT2D eigenvalue weighted by Gasteiger charge is 2.21. The number of rotatable bonds is 7. The monoisotopic (exact) mass is 341 g/mol. The van der Waals surface area contributed by atoms with Crippen molar-refractivity contribution in [2.45, 2.75) is 26.5 Å². The molecule has 0 amide bonds. The Morgan fingerprint density at radius 2 is 1.76 bits per heavy atom. The standard InChI is InChI=1S/C21H27NO3/c1-3-23-20-6-4-5-7-21(20)25-16-19-15-22(12-13-24-19)14-18-10-8-17(2)9-11-18/h4-11,19H,3,12-16H2,1-2H3. The van der Waals surface area contributed by atoms with Crippen LogP contribution in [0.2, 0.25) is 0 Å². The van der Waals surface area contributed by atoms with Crippen LogP contribution in [-0.2, 0) is 11.3 Å². The molecule has 0 radical (unpaired) electrons. The molecule has 0 saturated carbocycles. The van der Waals surface area contributed by atoms with Crippen LogP contribution in [0, 0.1) is 6.92 Å². The molecule has 3 rings (SSSR count). The Hall–Kier alpha value is -2.04. The number of hydrogen-bond acceptors (Lipinski definition) is 4. The summed E-state index contributed by atoms with van der Waals surface area (Å²) in [6.45, 7) is 8.79. The highest BCUT2D eigenvalue weighted by molar-refractivity contribution is 5.39. The van der Waals surface area contributed by atoms with Crippen molar-refractivity contribution >= 4 is 0 Å². The molecule has 4 heteroatoms. The molecule has 1 aliphatic heterocycles. The normalized spacial score (nSPS) is 18.1. The van der Waals surface area contributed by atoms with Crippen molar-refractivity contribution in [1.29, 1.82) is 0 Å². The van der Waals surface area contributed by atoms with E-state index >= 15 is 0 Å². The van der Waals surface area contributed by atoms with E-state index in [1.54, 1.807) is 0 Å². The molecule has 1 atom stereocenters. The summed E-state index contributed by atoms with van der Waals surface area (Å²) in [5.74, 6) is 1.57. The van der Waals surface area contributed by atoms with Crippen molar-refractivity contribution in [1.82, 2.24) is 4.90 Å². The molecule has 0 N–H and O–H groups in total. The van der Waals surface area contributed by atoms with Gasteiger partial charge in [0.05, 0.1) is 13.2 Å². The molecule has 134 valence electrons. The molecule has 1 aliphatic rings. The molecule has 25 heavy (non-hydrogen) atoms. The molecule has 0 bridgehead atoms. The van der Waals surface area contributed by atoms with Crippen molar-refractivity contribution in [2.75, 3.05) is 32.9 Å². The Morgan fingerprint density at radius 1 is 1.04 bits per heavy atom. The van der Waals surface area contributed by atoms with Crippen molar-refractivity contribution in [3.05, 3.63) is 59.7 Å². The van der Waals surface area contributed by atoms with Crippen LogP contribution < -0.4 is 9.47 Å². The van der Waals surface area contributed by atoms with Crippen molar-refractivity contribution < 1.29 is 14.2 Å². The Morgan fingerprint density at radius 3 is 2.48 bits per heavy atom. The van der Waals surface area contributed by atoms with Gasteiger partial charge in [0.15, 0.2) is 11.5 Å². The summed E-state index contributed by atoms with van der Waals surface area (Å²) in [5, 5.41) is 0. The van der Waals surface area contributed by atoms with Crippen molar-refractivity contribution in [2.24, 2.45) is 0 Å². The summed E-state index contributed by atoms with van der Waals surface area (Å²) < 4.78 is 17.5. The van der Waals surface area contributed by atoms with Crippen LogP contribution in [0.4, 0.5) is 0 Å². The molecule has 1 unspecified atom stereocenters. The number of ether oxygens (including phenoxy) is 3. The predicted octanol–water partition coefficient (Wildman–Crippen LogP) is 3.67. The zero-order valence-corrected chi connectivity index (χ0v) is 15.1. The molecular formula is C21H27NO3. The van der Waals surface area contributed by atoms with Gasteiger partial charge in [-0.25, -0.2) is 0 Å².